The molecule has 122 valence electrons. The van der Waals surface area contributed by atoms with Crippen LogP contribution in [0, 0.1) is 0 Å². The van der Waals surface area contributed by atoms with Gasteiger partial charge in [0.1, 0.15) is 0 Å². The minimum absolute atomic E-state index is 0.193. The lowest BCUT2D eigenvalue weighted by Gasteiger charge is -2.11. The van der Waals surface area contributed by atoms with Crippen molar-refractivity contribution in [2.75, 3.05) is 32.5 Å². The van der Waals surface area contributed by atoms with Crippen molar-refractivity contribution in [1.29, 1.82) is 0 Å². The number of nitrogens with one attached hydrogen (secondary N) is 3. The molecule has 0 aliphatic carbocycles. The first-order valence-electron chi connectivity index (χ1n) is 7.56. The first-order valence-corrected chi connectivity index (χ1v) is 9.04. The highest BCUT2D eigenvalue weighted by Crippen LogP contribution is 2.36. The van der Waals surface area contributed by atoms with Gasteiger partial charge in [0.15, 0.2) is 0 Å². The summed E-state index contributed by atoms with van der Waals surface area (Å²) >= 11 is 0. The van der Waals surface area contributed by atoms with E-state index in [0.29, 0.717) is 28.6 Å². The number of hydrogen-bond donors (Lipinski definition) is 3. The quantitative estimate of drug-likeness (QED) is 0.661. The Morgan fingerprint density at radius 2 is 1.96 bits per heavy atom. The predicted octanol–water partition coefficient (Wildman–Crippen LogP) is 0.218. The Bertz CT molecular complexity index is 876. The van der Waals surface area contributed by atoms with E-state index in [1.807, 2.05) is 14.1 Å². The zero-order chi connectivity index (χ0) is 16.6. The summed E-state index contributed by atoms with van der Waals surface area (Å²) in [5, 5.41) is 4.01. The molecule has 0 saturated carbocycles. The van der Waals surface area contributed by atoms with Crippen molar-refractivity contribution in [2.45, 2.75) is 11.3 Å². The van der Waals surface area contributed by atoms with E-state index in [0.717, 1.165) is 13.0 Å². The van der Waals surface area contributed by atoms with Crippen LogP contribution in [-0.2, 0) is 10.0 Å². The second kappa shape index (κ2) is 5.92. The Morgan fingerprint density at radius 1 is 1.17 bits per heavy atom. The van der Waals surface area contributed by atoms with Crippen LogP contribution in [0.5, 0.6) is 0 Å². The average molecular weight is 334 g/mol. The third kappa shape index (κ3) is 2.95. The molecule has 1 amide bonds. The second-order valence-corrected chi connectivity index (χ2v) is 7.74. The Morgan fingerprint density at radius 3 is 2.70 bits per heavy atom. The van der Waals surface area contributed by atoms with Crippen LogP contribution in [-0.4, -0.2) is 41.5 Å². The summed E-state index contributed by atoms with van der Waals surface area (Å²) in [6.07, 6.45) is 0.767. The minimum atomic E-state index is -3.61. The van der Waals surface area contributed by atoms with Gasteiger partial charge in [-0.15, -0.1) is 0 Å². The number of carbonyl (C=O) groups excluding carboxylic acids is 1. The summed E-state index contributed by atoms with van der Waals surface area (Å²) in [6.45, 7) is 1.29. The van der Waals surface area contributed by atoms with Gasteiger partial charge in [0.25, 0.3) is 5.91 Å². The molecule has 0 aromatic heterocycles. The van der Waals surface area contributed by atoms with E-state index in [1.54, 1.807) is 30.3 Å². The molecule has 0 unspecified atom stereocenters. The fourth-order valence-corrected chi connectivity index (χ4v) is 4.10. The lowest BCUT2D eigenvalue weighted by molar-refractivity contribution is -0.858. The third-order valence-corrected chi connectivity index (χ3v) is 5.45. The number of hydrogen-bond acceptors (Lipinski definition) is 3. The van der Waals surface area contributed by atoms with Crippen LogP contribution in [0.25, 0.3) is 10.8 Å². The molecule has 2 aromatic carbocycles. The van der Waals surface area contributed by atoms with E-state index in [1.165, 1.54) is 4.90 Å². The first kappa shape index (κ1) is 15.9. The lowest BCUT2D eigenvalue weighted by Crippen LogP contribution is -3.05. The number of anilines is 1. The second-order valence-electron chi connectivity index (χ2n) is 6.00. The van der Waals surface area contributed by atoms with Crippen LogP contribution in [0.15, 0.2) is 35.2 Å². The maximum absolute atomic E-state index is 12.6. The molecule has 0 spiro atoms. The minimum Gasteiger partial charge on any atom is -0.340 e. The summed E-state index contributed by atoms with van der Waals surface area (Å²) in [5.74, 6) is -0.193. The fourth-order valence-electron chi connectivity index (χ4n) is 2.82. The molecule has 0 atom stereocenters. The van der Waals surface area contributed by atoms with Gasteiger partial charge in [0.2, 0.25) is 10.0 Å². The third-order valence-electron chi connectivity index (χ3n) is 3.93. The summed E-state index contributed by atoms with van der Waals surface area (Å²) in [6, 6.07) is 8.35. The monoisotopic (exact) mass is 334 g/mol. The summed E-state index contributed by atoms with van der Waals surface area (Å²) in [4.78, 5) is 13.4. The fraction of sp³-hybridized carbons (Fsp3) is 0.312. The highest BCUT2D eigenvalue weighted by atomic mass is 32.2. The van der Waals surface area contributed by atoms with Crippen LogP contribution in [0.2, 0.25) is 0 Å². The van der Waals surface area contributed by atoms with Crippen LogP contribution in [0.1, 0.15) is 16.8 Å². The molecule has 23 heavy (non-hydrogen) atoms. The van der Waals surface area contributed by atoms with Crippen LogP contribution < -0.4 is 14.9 Å². The maximum atomic E-state index is 12.6. The van der Waals surface area contributed by atoms with E-state index in [9.17, 15) is 13.2 Å². The van der Waals surface area contributed by atoms with Gasteiger partial charge in [-0.1, -0.05) is 12.1 Å². The summed E-state index contributed by atoms with van der Waals surface area (Å²) < 4.78 is 27.8. The Labute approximate surface area is 135 Å². The van der Waals surface area contributed by atoms with Gasteiger partial charge in [-0.3, -0.25) is 4.79 Å². The largest absolute Gasteiger partial charge is 0.340 e. The van der Waals surface area contributed by atoms with Gasteiger partial charge in [-0.2, -0.15) is 0 Å². The van der Waals surface area contributed by atoms with Crippen molar-refractivity contribution in [3.63, 3.8) is 0 Å². The SMILES string of the molecule is C[NH+](C)CCCNS(=O)(=O)c1ccc2c3c(cccc13)C(=O)N2. The van der Waals surface area contributed by atoms with Gasteiger partial charge in [0, 0.05) is 35.0 Å². The van der Waals surface area contributed by atoms with Crippen LogP contribution in [0.3, 0.4) is 0 Å². The Balaban J connectivity index is 1.95. The summed E-state index contributed by atoms with van der Waals surface area (Å²) in [7, 11) is 0.453. The predicted molar refractivity (Wildman–Crippen MR) is 89.4 cm³/mol. The highest BCUT2D eigenvalue weighted by molar-refractivity contribution is 7.89. The Kier molecular flexibility index (Phi) is 4.09. The normalized spacial score (nSPS) is 13.8. The molecule has 6 nitrogen and oxygen atoms in total. The Hall–Kier alpha value is -1.96. The number of rotatable bonds is 6. The lowest BCUT2D eigenvalue weighted by atomic mass is 10.1. The van der Waals surface area contributed by atoms with Gasteiger partial charge < -0.3 is 10.2 Å². The molecular weight excluding hydrogens is 314 g/mol. The van der Waals surface area contributed by atoms with E-state index < -0.39 is 10.0 Å². The molecule has 1 aliphatic heterocycles. The number of quaternary nitrogens is 1. The molecule has 1 heterocycles. The van der Waals surface area contributed by atoms with Crippen molar-refractivity contribution in [3.8, 4) is 0 Å². The molecule has 0 radical (unpaired) electrons. The van der Waals surface area contributed by atoms with Gasteiger partial charge >= 0.3 is 0 Å². The first-order chi connectivity index (χ1) is 10.9. The van der Waals surface area contributed by atoms with Gasteiger partial charge in [-0.05, 0) is 18.2 Å². The van der Waals surface area contributed by atoms with E-state index >= 15 is 0 Å². The number of benzene rings is 2. The zero-order valence-corrected chi connectivity index (χ0v) is 14.0. The van der Waals surface area contributed by atoms with E-state index in [4.69, 9.17) is 0 Å². The van der Waals surface area contributed by atoms with E-state index in [-0.39, 0.29) is 10.8 Å². The smallest absolute Gasteiger partial charge is 0.256 e. The molecular formula is C16H20N3O3S+. The van der Waals surface area contributed by atoms with E-state index in [2.05, 4.69) is 10.0 Å². The summed E-state index contributed by atoms with van der Waals surface area (Å²) in [5.41, 5.74) is 1.18. The average Bonchev–Trinajstić information content (AvgIpc) is 2.82. The molecule has 1 aliphatic rings. The van der Waals surface area contributed by atoms with Crippen LogP contribution >= 0.6 is 0 Å². The van der Waals surface area contributed by atoms with Gasteiger partial charge in [0.05, 0.1) is 25.5 Å². The topological polar surface area (TPSA) is 79.7 Å². The number of sulfonamides is 1. The van der Waals surface area contributed by atoms with Crippen molar-refractivity contribution in [2.24, 2.45) is 0 Å². The molecule has 0 saturated heterocycles. The maximum Gasteiger partial charge on any atom is 0.256 e. The molecule has 3 N–H and O–H groups in total. The standard InChI is InChI=1S/C16H19N3O3S/c1-19(2)10-4-9-17-23(21,22)14-8-7-13-15-11(14)5-3-6-12(15)16(20)18-13/h3,5-8,17H,4,9-10H2,1-2H3,(H,18,20)/p+1. The molecule has 2 aromatic rings. The number of carbonyl (C=O) groups is 1. The molecule has 7 heteroatoms. The number of amides is 1. The molecule has 0 bridgehead atoms. The molecule has 3 rings (SSSR count). The highest BCUT2D eigenvalue weighted by Gasteiger charge is 2.25. The van der Waals surface area contributed by atoms with Crippen molar-refractivity contribution < 1.29 is 18.1 Å². The zero-order valence-electron chi connectivity index (χ0n) is 13.1. The van der Waals surface area contributed by atoms with Crippen LogP contribution in [0.4, 0.5) is 5.69 Å². The van der Waals surface area contributed by atoms with Crippen molar-refractivity contribution >= 4 is 32.4 Å². The van der Waals surface area contributed by atoms with Gasteiger partial charge in [-0.25, -0.2) is 13.1 Å². The molecule has 0 fully saturated rings. The van der Waals surface area contributed by atoms with Crippen molar-refractivity contribution in [1.82, 2.24) is 4.72 Å². The van der Waals surface area contributed by atoms with Crippen molar-refractivity contribution in [3.05, 3.63) is 35.9 Å².